The lowest BCUT2D eigenvalue weighted by atomic mass is 10.2. The lowest BCUT2D eigenvalue weighted by Gasteiger charge is -2.36. The van der Waals surface area contributed by atoms with Crippen LogP contribution < -0.4 is 15.4 Å². The van der Waals surface area contributed by atoms with E-state index in [0.717, 1.165) is 45.0 Å². The molecule has 0 amide bonds. The van der Waals surface area contributed by atoms with E-state index in [2.05, 4.69) is 21.9 Å². The van der Waals surface area contributed by atoms with Crippen molar-refractivity contribution in [1.82, 2.24) is 4.90 Å². The van der Waals surface area contributed by atoms with Crippen LogP contribution in [0, 0.1) is 0 Å². The Morgan fingerprint density at radius 1 is 1.05 bits per heavy atom. The number of nitrogens with two attached hydrogens (primary N) is 1. The van der Waals surface area contributed by atoms with E-state index in [4.69, 9.17) is 10.5 Å². The highest BCUT2D eigenvalue weighted by atomic mass is 35.5. The van der Waals surface area contributed by atoms with Gasteiger partial charge in [-0.1, -0.05) is 12.1 Å². The van der Waals surface area contributed by atoms with Crippen LogP contribution in [0.3, 0.4) is 0 Å². The van der Waals surface area contributed by atoms with Gasteiger partial charge in [0, 0.05) is 39.3 Å². The van der Waals surface area contributed by atoms with E-state index < -0.39 is 0 Å². The van der Waals surface area contributed by atoms with Gasteiger partial charge in [0.15, 0.2) is 0 Å². The maximum absolute atomic E-state index is 5.58. The molecule has 0 saturated carbocycles. The van der Waals surface area contributed by atoms with E-state index in [1.54, 1.807) is 7.11 Å². The van der Waals surface area contributed by atoms with Gasteiger partial charge in [-0.25, -0.2) is 0 Å². The van der Waals surface area contributed by atoms with Crippen molar-refractivity contribution in [3.63, 3.8) is 0 Å². The van der Waals surface area contributed by atoms with Crippen molar-refractivity contribution >= 4 is 42.9 Å². The molecule has 0 atom stereocenters. The average molecular weight is 345 g/mol. The summed E-state index contributed by atoms with van der Waals surface area (Å²) in [7, 11) is 1.73. The van der Waals surface area contributed by atoms with Crippen LogP contribution in [-0.4, -0.2) is 51.3 Å². The van der Waals surface area contributed by atoms with Gasteiger partial charge in [-0.15, -0.1) is 37.2 Å². The standard InChI is InChI=1S/C13H21N3O.3ClH/c1-17-13-5-3-2-4-12(13)16-10-8-15(7-6-14)9-11-16;;;/h2-5H,6-11,14H2,1H3;3*1H. The van der Waals surface area contributed by atoms with Crippen LogP contribution >= 0.6 is 37.2 Å². The van der Waals surface area contributed by atoms with Crippen LogP contribution in [0.1, 0.15) is 0 Å². The van der Waals surface area contributed by atoms with Gasteiger partial charge in [0.2, 0.25) is 0 Å². The largest absolute Gasteiger partial charge is 0.495 e. The van der Waals surface area contributed by atoms with Crippen LogP contribution in [0.25, 0.3) is 0 Å². The quantitative estimate of drug-likeness (QED) is 0.907. The van der Waals surface area contributed by atoms with Gasteiger partial charge in [-0.2, -0.15) is 0 Å². The number of methoxy groups -OCH3 is 1. The molecular weight excluding hydrogens is 321 g/mol. The Balaban J connectivity index is 0. The first kappa shape index (κ1) is 21.9. The van der Waals surface area contributed by atoms with E-state index in [-0.39, 0.29) is 37.2 Å². The van der Waals surface area contributed by atoms with E-state index >= 15 is 0 Å². The lowest BCUT2D eigenvalue weighted by molar-refractivity contribution is 0.264. The van der Waals surface area contributed by atoms with E-state index in [0.29, 0.717) is 0 Å². The third-order valence-electron chi connectivity index (χ3n) is 3.24. The molecule has 0 aliphatic carbocycles. The maximum atomic E-state index is 5.58. The Hall–Kier alpha value is -0.390. The summed E-state index contributed by atoms with van der Waals surface area (Å²) in [6.07, 6.45) is 0. The molecule has 0 unspecified atom stereocenters. The summed E-state index contributed by atoms with van der Waals surface area (Å²) in [5.74, 6) is 0.958. The smallest absolute Gasteiger partial charge is 0.142 e. The molecule has 7 heteroatoms. The summed E-state index contributed by atoms with van der Waals surface area (Å²) < 4.78 is 5.40. The van der Waals surface area contributed by atoms with Gasteiger partial charge in [0.05, 0.1) is 12.8 Å². The van der Waals surface area contributed by atoms with Crippen molar-refractivity contribution in [2.45, 2.75) is 0 Å². The lowest BCUT2D eigenvalue weighted by Crippen LogP contribution is -2.47. The first-order valence-electron chi connectivity index (χ1n) is 6.15. The number of ether oxygens (including phenoxy) is 1. The highest BCUT2D eigenvalue weighted by molar-refractivity contribution is 5.86. The van der Waals surface area contributed by atoms with Crippen LogP contribution in [0.2, 0.25) is 0 Å². The molecular formula is C13H24Cl3N3O. The number of benzene rings is 1. The van der Waals surface area contributed by atoms with Crippen LogP contribution in [0.5, 0.6) is 5.75 Å². The Labute approximate surface area is 139 Å². The van der Waals surface area contributed by atoms with E-state index in [1.165, 1.54) is 5.69 Å². The summed E-state index contributed by atoms with van der Waals surface area (Å²) >= 11 is 0. The van der Waals surface area contributed by atoms with Gasteiger partial charge in [0.25, 0.3) is 0 Å². The zero-order valence-corrected chi connectivity index (χ0v) is 14.1. The molecule has 2 N–H and O–H groups in total. The number of anilines is 1. The van der Waals surface area contributed by atoms with Gasteiger partial charge in [-0.3, -0.25) is 4.90 Å². The molecule has 0 aromatic heterocycles. The highest BCUT2D eigenvalue weighted by Crippen LogP contribution is 2.28. The van der Waals surface area contributed by atoms with Crippen molar-refractivity contribution in [3.8, 4) is 5.75 Å². The average Bonchev–Trinajstić information content (AvgIpc) is 2.40. The second kappa shape index (κ2) is 11.3. The predicted octanol–water partition coefficient (Wildman–Crippen LogP) is 2.04. The summed E-state index contributed by atoms with van der Waals surface area (Å²) in [6, 6.07) is 8.20. The van der Waals surface area contributed by atoms with Crippen molar-refractivity contribution in [1.29, 1.82) is 0 Å². The molecule has 1 heterocycles. The van der Waals surface area contributed by atoms with Gasteiger partial charge in [-0.05, 0) is 12.1 Å². The number of rotatable bonds is 4. The summed E-state index contributed by atoms with van der Waals surface area (Å²) in [4.78, 5) is 4.79. The number of halogens is 3. The molecule has 2 rings (SSSR count). The number of piperazine rings is 1. The minimum atomic E-state index is 0. The number of nitrogens with zero attached hydrogens (tertiary/aromatic N) is 2. The van der Waals surface area contributed by atoms with E-state index in [9.17, 15) is 0 Å². The van der Waals surface area contributed by atoms with Gasteiger partial charge in [0.1, 0.15) is 5.75 Å². The molecule has 0 bridgehead atoms. The fraction of sp³-hybridized carbons (Fsp3) is 0.538. The van der Waals surface area contributed by atoms with Crippen molar-refractivity contribution < 1.29 is 4.74 Å². The molecule has 4 nitrogen and oxygen atoms in total. The fourth-order valence-electron chi connectivity index (χ4n) is 2.29. The maximum Gasteiger partial charge on any atom is 0.142 e. The second-order valence-corrected chi connectivity index (χ2v) is 4.29. The number of para-hydroxylation sites is 2. The Bertz CT molecular complexity index is 360. The Morgan fingerprint density at radius 2 is 1.65 bits per heavy atom. The third kappa shape index (κ3) is 5.54. The molecule has 1 aromatic rings. The number of hydrogen-bond acceptors (Lipinski definition) is 4. The molecule has 118 valence electrons. The SMILES string of the molecule is COc1ccccc1N1CCN(CCN)CC1.Cl.Cl.Cl. The monoisotopic (exact) mass is 343 g/mol. The van der Waals surface area contributed by atoms with Crippen molar-refractivity contribution in [2.75, 3.05) is 51.3 Å². The highest BCUT2D eigenvalue weighted by Gasteiger charge is 2.18. The summed E-state index contributed by atoms with van der Waals surface area (Å²) in [5, 5.41) is 0. The zero-order chi connectivity index (χ0) is 12.1. The van der Waals surface area contributed by atoms with Crippen LogP contribution in [0.4, 0.5) is 5.69 Å². The predicted molar refractivity (Wildman–Crippen MR) is 92.4 cm³/mol. The van der Waals surface area contributed by atoms with Crippen molar-refractivity contribution in [3.05, 3.63) is 24.3 Å². The molecule has 1 aliphatic rings. The molecule has 20 heavy (non-hydrogen) atoms. The molecule has 1 aromatic carbocycles. The van der Waals surface area contributed by atoms with Gasteiger partial charge < -0.3 is 15.4 Å². The van der Waals surface area contributed by atoms with Crippen LogP contribution in [0.15, 0.2) is 24.3 Å². The second-order valence-electron chi connectivity index (χ2n) is 4.29. The first-order chi connectivity index (χ1) is 8.35. The zero-order valence-electron chi connectivity index (χ0n) is 11.7. The minimum Gasteiger partial charge on any atom is -0.495 e. The normalized spacial score (nSPS) is 14.6. The number of hydrogen-bond donors (Lipinski definition) is 1. The minimum absolute atomic E-state index is 0. The molecule has 1 fully saturated rings. The summed E-state index contributed by atoms with van der Waals surface area (Å²) in [6.45, 7) is 5.99. The summed E-state index contributed by atoms with van der Waals surface area (Å²) in [5.41, 5.74) is 6.77. The molecule has 1 saturated heterocycles. The van der Waals surface area contributed by atoms with Crippen LogP contribution in [-0.2, 0) is 0 Å². The molecule has 0 radical (unpaired) electrons. The first-order valence-corrected chi connectivity index (χ1v) is 6.15. The third-order valence-corrected chi connectivity index (χ3v) is 3.24. The van der Waals surface area contributed by atoms with Gasteiger partial charge >= 0.3 is 0 Å². The fourth-order valence-corrected chi connectivity index (χ4v) is 2.29. The topological polar surface area (TPSA) is 41.7 Å². The van der Waals surface area contributed by atoms with Crippen molar-refractivity contribution in [2.24, 2.45) is 5.73 Å². The Morgan fingerprint density at radius 3 is 2.20 bits per heavy atom. The van der Waals surface area contributed by atoms with E-state index in [1.807, 2.05) is 12.1 Å². The molecule has 1 aliphatic heterocycles. The molecule has 0 spiro atoms. The Kier molecular flexibility index (Phi) is 12.4.